The molecule has 5 nitrogen and oxygen atoms in total. The van der Waals surface area contributed by atoms with E-state index in [-0.39, 0.29) is 5.56 Å². The molecule has 0 aliphatic heterocycles. The van der Waals surface area contributed by atoms with Gasteiger partial charge >= 0.3 is 0 Å². The Morgan fingerprint density at radius 3 is 3.07 bits per heavy atom. The highest BCUT2D eigenvalue weighted by Crippen LogP contribution is 1.92. The predicted octanol–water partition coefficient (Wildman–Crippen LogP) is 0.849. The number of nitrogens with one attached hydrogen (secondary N) is 1. The lowest BCUT2D eigenvalue weighted by Crippen LogP contribution is -2.21. The first-order valence-electron chi connectivity index (χ1n) is 5.00. The van der Waals surface area contributed by atoms with Crippen LogP contribution in [0.4, 0.5) is 0 Å². The van der Waals surface area contributed by atoms with E-state index in [1.165, 1.54) is 12.5 Å². The van der Waals surface area contributed by atoms with Crippen molar-refractivity contribution in [1.29, 1.82) is 5.26 Å². The summed E-state index contributed by atoms with van der Waals surface area (Å²) in [4.78, 5) is 14.6. The molecular formula is C10H14N4O. The van der Waals surface area contributed by atoms with Gasteiger partial charge in [0.15, 0.2) is 0 Å². The van der Waals surface area contributed by atoms with Crippen LogP contribution in [0.2, 0.25) is 0 Å². The molecule has 0 saturated carbocycles. The molecule has 0 aliphatic rings. The van der Waals surface area contributed by atoms with E-state index in [1.807, 2.05) is 0 Å². The molecule has 1 rings (SSSR count). The van der Waals surface area contributed by atoms with Gasteiger partial charge in [0.05, 0.1) is 6.20 Å². The number of rotatable bonds is 5. The second-order valence-corrected chi connectivity index (χ2v) is 3.23. The molecule has 0 aliphatic carbocycles. The van der Waals surface area contributed by atoms with E-state index in [9.17, 15) is 4.79 Å². The molecule has 0 saturated heterocycles. The van der Waals surface area contributed by atoms with E-state index >= 15 is 0 Å². The summed E-state index contributed by atoms with van der Waals surface area (Å²) in [6, 6.07) is 1.80. The summed E-state index contributed by atoms with van der Waals surface area (Å²) in [6.07, 6.45) is 6.22. The Bertz CT molecular complexity index is 405. The van der Waals surface area contributed by atoms with Crippen LogP contribution in [0.25, 0.3) is 0 Å². The molecule has 0 amide bonds. The maximum absolute atomic E-state index is 11.0. The normalized spacial score (nSPS) is 9.60. The van der Waals surface area contributed by atoms with Crippen molar-refractivity contribution in [2.45, 2.75) is 26.2 Å². The molecule has 0 spiro atoms. The van der Waals surface area contributed by atoms with Crippen LogP contribution in [0.1, 0.15) is 31.7 Å². The van der Waals surface area contributed by atoms with Gasteiger partial charge in [0.25, 0.3) is 5.56 Å². The van der Waals surface area contributed by atoms with Crippen molar-refractivity contribution in [3.63, 3.8) is 0 Å². The Hall–Kier alpha value is -1.83. The zero-order valence-corrected chi connectivity index (χ0v) is 8.73. The highest BCUT2D eigenvalue weighted by molar-refractivity contribution is 5.21. The minimum Gasteiger partial charge on any atom is -0.325 e. The van der Waals surface area contributed by atoms with Gasteiger partial charge < -0.3 is 5.43 Å². The molecule has 0 atom stereocenters. The first kappa shape index (κ1) is 11.2. The van der Waals surface area contributed by atoms with Crippen molar-refractivity contribution in [3.8, 4) is 6.07 Å². The number of unbranched alkanes of at least 4 members (excludes halogenated alkanes) is 2. The molecule has 0 aromatic carbocycles. The Balaban J connectivity index is 2.56. The molecule has 1 N–H and O–H groups in total. The van der Waals surface area contributed by atoms with Crippen LogP contribution in [0.15, 0.2) is 17.3 Å². The van der Waals surface area contributed by atoms with E-state index in [2.05, 4.69) is 17.3 Å². The van der Waals surface area contributed by atoms with Crippen LogP contribution in [0.3, 0.4) is 0 Å². The van der Waals surface area contributed by atoms with Crippen LogP contribution >= 0.6 is 0 Å². The van der Waals surface area contributed by atoms with Gasteiger partial charge in [0.2, 0.25) is 0 Å². The lowest BCUT2D eigenvalue weighted by Gasteiger charge is -2.08. The third-order valence-corrected chi connectivity index (χ3v) is 1.99. The van der Waals surface area contributed by atoms with Gasteiger partial charge in [-0.2, -0.15) is 10.2 Å². The monoisotopic (exact) mass is 206 g/mol. The van der Waals surface area contributed by atoms with E-state index in [1.54, 1.807) is 10.7 Å². The zero-order chi connectivity index (χ0) is 11.1. The van der Waals surface area contributed by atoms with Crippen LogP contribution < -0.4 is 11.0 Å². The van der Waals surface area contributed by atoms with Crippen molar-refractivity contribution in [2.24, 2.45) is 0 Å². The van der Waals surface area contributed by atoms with Crippen LogP contribution in [-0.4, -0.2) is 16.2 Å². The number of nitriles is 1. The second-order valence-electron chi connectivity index (χ2n) is 3.23. The lowest BCUT2D eigenvalue weighted by molar-refractivity contribution is 0.693. The average molecular weight is 206 g/mol. The maximum atomic E-state index is 11.0. The third-order valence-electron chi connectivity index (χ3n) is 1.99. The molecule has 15 heavy (non-hydrogen) atoms. The van der Waals surface area contributed by atoms with Crippen molar-refractivity contribution in [1.82, 2.24) is 9.66 Å². The molecule has 1 heterocycles. The van der Waals surface area contributed by atoms with Gasteiger partial charge in [-0.1, -0.05) is 19.8 Å². The smallest absolute Gasteiger partial charge is 0.290 e. The van der Waals surface area contributed by atoms with E-state index < -0.39 is 5.56 Å². The fourth-order valence-corrected chi connectivity index (χ4v) is 1.16. The Labute approximate surface area is 88.3 Å². The lowest BCUT2D eigenvalue weighted by atomic mass is 10.2. The SMILES string of the molecule is CCCCCNn1cnc(=O)c(C#N)c1. The van der Waals surface area contributed by atoms with Gasteiger partial charge in [0.1, 0.15) is 18.0 Å². The summed E-state index contributed by atoms with van der Waals surface area (Å²) in [5.74, 6) is 0. The van der Waals surface area contributed by atoms with Gasteiger partial charge in [-0.3, -0.25) is 9.47 Å². The fourth-order valence-electron chi connectivity index (χ4n) is 1.16. The first-order chi connectivity index (χ1) is 7.27. The Morgan fingerprint density at radius 2 is 2.40 bits per heavy atom. The molecule has 80 valence electrons. The van der Waals surface area contributed by atoms with Crippen molar-refractivity contribution in [2.75, 3.05) is 12.0 Å². The molecule has 0 unspecified atom stereocenters. The summed E-state index contributed by atoms with van der Waals surface area (Å²) in [6.45, 7) is 2.94. The van der Waals surface area contributed by atoms with Gasteiger partial charge in [-0.05, 0) is 6.42 Å². The number of aromatic nitrogens is 2. The summed E-state index contributed by atoms with van der Waals surface area (Å²) in [5, 5.41) is 8.62. The fraction of sp³-hybridized carbons (Fsp3) is 0.500. The molecule has 5 heteroatoms. The van der Waals surface area contributed by atoms with E-state index in [4.69, 9.17) is 5.26 Å². The summed E-state index contributed by atoms with van der Waals surface area (Å²) < 4.78 is 1.55. The number of nitrogens with zero attached hydrogens (tertiary/aromatic N) is 3. The largest absolute Gasteiger partial charge is 0.325 e. The Kier molecular flexibility index (Phi) is 4.35. The van der Waals surface area contributed by atoms with Crippen molar-refractivity contribution in [3.05, 3.63) is 28.4 Å². The minimum atomic E-state index is -0.482. The molecular weight excluding hydrogens is 192 g/mol. The van der Waals surface area contributed by atoms with E-state index in [0.29, 0.717) is 0 Å². The van der Waals surface area contributed by atoms with Crippen LogP contribution in [0.5, 0.6) is 0 Å². The van der Waals surface area contributed by atoms with Gasteiger partial charge in [-0.25, -0.2) is 0 Å². The standard InChI is InChI=1S/C10H14N4O/c1-2-3-4-5-13-14-7-9(6-11)10(15)12-8-14/h7-8,13H,2-5H2,1H3. The van der Waals surface area contributed by atoms with Gasteiger partial charge in [-0.15, -0.1) is 0 Å². The van der Waals surface area contributed by atoms with Crippen molar-refractivity contribution >= 4 is 0 Å². The van der Waals surface area contributed by atoms with E-state index in [0.717, 1.165) is 25.8 Å². The Morgan fingerprint density at radius 1 is 1.60 bits per heavy atom. The molecule has 1 aromatic rings. The zero-order valence-electron chi connectivity index (χ0n) is 8.73. The number of hydrogen-bond donors (Lipinski definition) is 1. The first-order valence-corrected chi connectivity index (χ1v) is 5.00. The molecule has 1 aromatic heterocycles. The summed E-state index contributed by atoms with van der Waals surface area (Å²) >= 11 is 0. The topological polar surface area (TPSA) is 70.7 Å². The van der Waals surface area contributed by atoms with Crippen molar-refractivity contribution < 1.29 is 0 Å². The highest BCUT2D eigenvalue weighted by atomic mass is 16.1. The minimum absolute atomic E-state index is 0.0560. The number of hydrogen-bond acceptors (Lipinski definition) is 4. The quantitative estimate of drug-likeness (QED) is 0.725. The van der Waals surface area contributed by atoms with Gasteiger partial charge in [0, 0.05) is 6.54 Å². The molecule has 0 radical (unpaired) electrons. The molecule has 0 bridgehead atoms. The average Bonchev–Trinajstić information content (AvgIpc) is 2.26. The van der Waals surface area contributed by atoms with Crippen LogP contribution in [0, 0.1) is 11.3 Å². The summed E-state index contributed by atoms with van der Waals surface area (Å²) in [7, 11) is 0. The summed E-state index contributed by atoms with van der Waals surface area (Å²) in [5.41, 5.74) is 2.62. The third kappa shape index (κ3) is 3.43. The maximum Gasteiger partial charge on any atom is 0.290 e. The highest BCUT2D eigenvalue weighted by Gasteiger charge is 1.98. The second kappa shape index (κ2) is 5.81. The van der Waals surface area contributed by atoms with Crippen LogP contribution in [-0.2, 0) is 0 Å². The predicted molar refractivity (Wildman–Crippen MR) is 57.0 cm³/mol. The molecule has 0 fully saturated rings.